The molecule has 2 aliphatic heterocycles. The summed E-state index contributed by atoms with van der Waals surface area (Å²) >= 11 is 1.62. The number of carbonyl (C=O) groups is 1. The Bertz CT molecular complexity index is 1330. The van der Waals surface area contributed by atoms with E-state index in [4.69, 9.17) is 14.5 Å². The van der Waals surface area contributed by atoms with Crippen LogP contribution in [0.3, 0.4) is 0 Å². The van der Waals surface area contributed by atoms with E-state index in [0.29, 0.717) is 51.3 Å². The number of para-hydroxylation sites is 1. The molecule has 1 aromatic heterocycles. The maximum atomic E-state index is 13.4. The number of hydrogen-bond donors (Lipinski definition) is 0. The second-order valence-corrected chi connectivity index (χ2v) is 11.9. The van der Waals surface area contributed by atoms with Gasteiger partial charge in [-0.1, -0.05) is 17.4 Å². The predicted octanol–water partition coefficient (Wildman–Crippen LogP) is 3.06. The summed E-state index contributed by atoms with van der Waals surface area (Å²) in [6.45, 7) is 3.20. The summed E-state index contributed by atoms with van der Waals surface area (Å²) in [5, 5.41) is 0.927. The van der Waals surface area contributed by atoms with Crippen LogP contribution in [0.1, 0.15) is 12.8 Å². The predicted molar refractivity (Wildman–Crippen MR) is 139 cm³/mol. The topological polar surface area (TPSA) is 92.3 Å². The average Bonchev–Trinajstić information content (AvgIpc) is 3.37. The number of ether oxygens (including phenoxy) is 2. The van der Waals surface area contributed by atoms with Gasteiger partial charge in [0.15, 0.2) is 5.13 Å². The normalized spacial score (nSPS) is 19.4. The molecule has 0 bridgehead atoms. The summed E-state index contributed by atoms with van der Waals surface area (Å²) < 4.78 is 39.5. The van der Waals surface area contributed by atoms with Gasteiger partial charge in [0, 0.05) is 39.3 Å². The van der Waals surface area contributed by atoms with Crippen LogP contribution in [0, 0.1) is 5.92 Å². The summed E-state index contributed by atoms with van der Waals surface area (Å²) in [5.74, 6) is 1.07. The molecule has 5 rings (SSSR count). The highest BCUT2D eigenvalue weighted by atomic mass is 32.2. The molecular weight excluding hydrogens is 500 g/mol. The zero-order valence-electron chi connectivity index (χ0n) is 20.4. The van der Waals surface area contributed by atoms with Crippen molar-refractivity contribution in [3.8, 4) is 11.5 Å². The van der Waals surface area contributed by atoms with E-state index in [-0.39, 0.29) is 23.3 Å². The van der Waals surface area contributed by atoms with Crippen molar-refractivity contribution in [3.05, 3.63) is 42.5 Å². The third-order valence-corrected chi connectivity index (χ3v) is 9.84. The van der Waals surface area contributed by atoms with Crippen LogP contribution < -0.4 is 14.4 Å². The van der Waals surface area contributed by atoms with Crippen molar-refractivity contribution in [1.29, 1.82) is 0 Å². The van der Waals surface area contributed by atoms with Gasteiger partial charge in [-0.3, -0.25) is 4.79 Å². The van der Waals surface area contributed by atoms with E-state index >= 15 is 0 Å². The average molecular weight is 531 g/mol. The zero-order valence-corrected chi connectivity index (χ0v) is 22.1. The lowest BCUT2D eigenvalue weighted by Crippen LogP contribution is -2.53. The Balaban J connectivity index is 1.22. The fourth-order valence-electron chi connectivity index (χ4n) is 4.85. The van der Waals surface area contributed by atoms with Gasteiger partial charge in [0.05, 0.1) is 29.7 Å². The molecule has 0 aliphatic carbocycles. The number of amides is 1. The number of fused-ring (bicyclic) bond motifs is 1. The molecule has 9 nitrogen and oxygen atoms in total. The van der Waals surface area contributed by atoms with E-state index in [1.165, 1.54) is 4.31 Å². The first-order chi connectivity index (χ1) is 17.4. The molecule has 1 amide bonds. The van der Waals surface area contributed by atoms with E-state index in [9.17, 15) is 13.2 Å². The maximum absolute atomic E-state index is 13.4. The summed E-state index contributed by atoms with van der Waals surface area (Å²) in [5.41, 5.74) is 0.860. The number of aromatic nitrogens is 1. The van der Waals surface area contributed by atoms with Crippen molar-refractivity contribution in [2.24, 2.45) is 5.92 Å². The van der Waals surface area contributed by atoms with E-state index in [1.807, 2.05) is 23.1 Å². The molecule has 3 heterocycles. The molecule has 11 heteroatoms. The molecule has 2 fully saturated rings. The molecule has 2 saturated heterocycles. The van der Waals surface area contributed by atoms with Crippen LogP contribution in [0.15, 0.2) is 47.4 Å². The van der Waals surface area contributed by atoms with Crippen molar-refractivity contribution >= 4 is 42.6 Å². The summed E-state index contributed by atoms with van der Waals surface area (Å²) in [6.07, 6.45) is 1.37. The second kappa shape index (κ2) is 10.2. The Morgan fingerprint density at radius 3 is 2.44 bits per heavy atom. The number of nitrogens with zero attached hydrogens (tertiary/aromatic N) is 4. The highest BCUT2D eigenvalue weighted by Crippen LogP contribution is 2.34. The van der Waals surface area contributed by atoms with Gasteiger partial charge in [-0.25, -0.2) is 13.4 Å². The lowest BCUT2D eigenvalue weighted by Gasteiger charge is -2.38. The van der Waals surface area contributed by atoms with E-state index in [0.717, 1.165) is 21.1 Å². The molecule has 0 N–H and O–H groups in total. The van der Waals surface area contributed by atoms with E-state index < -0.39 is 10.0 Å². The van der Waals surface area contributed by atoms with Gasteiger partial charge in [-0.15, -0.1) is 0 Å². The zero-order chi connectivity index (χ0) is 25.3. The van der Waals surface area contributed by atoms with Crippen molar-refractivity contribution in [3.63, 3.8) is 0 Å². The molecule has 1 unspecified atom stereocenters. The number of anilines is 1. The number of thiazole rings is 1. The Morgan fingerprint density at radius 2 is 1.75 bits per heavy atom. The first kappa shape index (κ1) is 24.8. The molecule has 0 saturated carbocycles. The third kappa shape index (κ3) is 4.74. The largest absolute Gasteiger partial charge is 0.497 e. The van der Waals surface area contributed by atoms with Crippen LogP contribution in [0.4, 0.5) is 5.13 Å². The van der Waals surface area contributed by atoms with Gasteiger partial charge >= 0.3 is 0 Å². The molecular formula is C25H30N4O5S2. The van der Waals surface area contributed by atoms with Crippen molar-refractivity contribution < 1.29 is 22.7 Å². The van der Waals surface area contributed by atoms with Crippen LogP contribution in [-0.2, 0) is 14.8 Å². The molecule has 1 atom stereocenters. The van der Waals surface area contributed by atoms with Gasteiger partial charge in [0.2, 0.25) is 15.9 Å². The molecule has 192 valence electrons. The minimum absolute atomic E-state index is 0.0373. The Morgan fingerprint density at radius 1 is 1.00 bits per heavy atom. The smallest absolute Gasteiger partial charge is 0.243 e. The number of methoxy groups -OCH3 is 2. The van der Waals surface area contributed by atoms with Gasteiger partial charge in [-0.2, -0.15) is 4.31 Å². The summed E-state index contributed by atoms with van der Waals surface area (Å²) in [6, 6.07) is 12.3. The molecule has 36 heavy (non-hydrogen) atoms. The number of carbonyl (C=O) groups excluding carboxylic acids is 1. The van der Waals surface area contributed by atoms with Gasteiger partial charge < -0.3 is 19.3 Å². The van der Waals surface area contributed by atoms with Crippen molar-refractivity contribution in [2.75, 3.05) is 58.4 Å². The number of sulfonamides is 1. The Hall–Kier alpha value is -2.89. The fraction of sp³-hybridized carbons (Fsp3) is 0.440. The highest BCUT2D eigenvalue weighted by molar-refractivity contribution is 7.89. The SMILES string of the molecule is COc1ccc(S(=O)(=O)N2CCCC(C(=O)N3CCN(c4nc5c(OC)cccc5s4)CC3)C2)cc1. The molecule has 2 aliphatic rings. The number of piperazine rings is 1. The van der Waals surface area contributed by atoms with Crippen molar-refractivity contribution in [2.45, 2.75) is 17.7 Å². The van der Waals surface area contributed by atoms with Gasteiger partial charge in [0.1, 0.15) is 17.0 Å². The maximum Gasteiger partial charge on any atom is 0.243 e. The number of benzene rings is 2. The standard InChI is InChI=1S/C25H30N4O5S2/c1-33-19-8-10-20(11-9-19)36(31,32)29-12-4-5-18(17-29)24(30)27-13-15-28(16-14-27)25-26-23-21(34-2)6-3-7-22(23)35-25/h3,6-11,18H,4-5,12-17H2,1-2H3. The van der Waals surface area contributed by atoms with Crippen molar-refractivity contribution in [1.82, 2.24) is 14.2 Å². The number of hydrogen-bond acceptors (Lipinski definition) is 8. The molecule has 3 aromatic rings. The van der Waals surface area contributed by atoms with Gasteiger partial charge in [-0.05, 0) is 49.2 Å². The third-order valence-electron chi connectivity index (χ3n) is 6.88. The quantitative estimate of drug-likeness (QED) is 0.484. The second-order valence-electron chi connectivity index (χ2n) is 8.99. The van der Waals surface area contributed by atoms with Gasteiger partial charge in [0.25, 0.3) is 0 Å². The summed E-state index contributed by atoms with van der Waals surface area (Å²) in [7, 11) is -0.478. The first-order valence-corrected chi connectivity index (χ1v) is 14.3. The minimum atomic E-state index is -3.67. The van der Waals surface area contributed by atoms with Crippen LogP contribution in [0.25, 0.3) is 10.2 Å². The highest BCUT2D eigenvalue weighted by Gasteiger charge is 2.36. The number of rotatable bonds is 6. The van der Waals surface area contributed by atoms with E-state index in [2.05, 4.69) is 4.90 Å². The molecule has 2 aromatic carbocycles. The molecule has 0 radical (unpaired) electrons. The van der Waals surface area contributed by atoms with E-state index in [1.54, 1.807) is 49.8 Å². The fourth-order valence-corrected chi connectivity index (χ4v) is 7.41. The minimum Gasteiger partial charge on any atom is -0.497 e. The first-order valence-electron chi connectivity index (χ1n) is 12.0. The lowest BCUT2D eigenvalue weighted by molar-refractivity contribution is -0.137. The van der Waals surface area contributed by atoms with Crippen LogP contribution >= 0.6 is 11.3 Å². The monoisotopic (exact) mass is 530 g/mol. The van der Waals surface area contributed by atoms with Crippen LogP contribution in [-0.4, -0.2) is 82.0 Å². The number of piperidine rings is 1. The lowest BCUT2D eigenvalue weighted by atomic mass is 9.98. The molecule has 0 spiro atoms. The van der Waals surface area contributed by atoms with Crippen LogP contribution in [0.5, 0.6) is 11.5 Å². The van der Waals surface area contributed by atoms with Crippen LogP contribution in [0.2, 0.25) is 0 Å². The Kier molecular flexibility index (Phi) is 7.05. The Labute approximate surface area is 215 Å². The summed E-state index contributed by atoms with van der Waals surface area (Å²) in [4.78, 5) is 22.4.